The normalized spacial score (nSPS) is 12.0. The number of nitrogens with zero attached hydrogens (tertiary/aromatic N) is 1. The number of rotatable bonds is 8. The summed E-state index contributed by atoms with van der Waals surface area (Å²) in [7, 11) is -0.176. The largest absolute Gasteiger partial charge is 0.461 e. The summed E-state index contributed by atoms with van der Waals surface area (Å²) in [6.45, 7) is 1.90. The Morgan fingerprint density at radius 2 is 1.88 bits per heavy atom. The van der Waals surface area contributed by atoms with Gasteiger partial charge in [0, 0.05) is 12.1 Å². The number of nitro benzene ring substituents is 1. The van der Waals surface area contributed by atoms with Gasteiger partial charge in [-0.25, -0.2) is 0 Å². The minimum atomic E-state index is -0.523. The van der Waals surface area contributed by atoms with Gasteiger partial charge in [0.1, 0.15) is 27.4 Å². The van der Waals surface area contributed by atoms with Crippen molar-refractivity contribution in [3.05, 3.63) is 70.3 Å². The van der Waals surface area contributed by atoms with Crippen LogP contribution in [0, 0.1) is 10.1 Å². The van der Waals surface area contributed by atoms with Gasteiger partial charge in [-0.05, 0) is 24.6 Å². The van der Waals surface area contributed by atoms with Crippen LogP contribution in [0.25, 0.3) is 0 Å². The summed E-state index contributed by atoms with van der Waals surface area (Å²) in [5.41, 5.74) is 0.916. The molecule has 8 heteroatoms. The average molecular weight is 348 g/mol. The van der Waals surface area contributed by atoms with Gasteiger partial charge in [-0.1, -0.05) is 30.3 Å². The molecule has 0 heterocycles. The van der Waals surface area contributed by atoms with Crippen molar-refractivity contribution in [1.82, 2.24) is 5.09 Å². The van der Waals surface area contributed by atoms with Crippen LogP contribution in [0.4, 0.5) is 5.69 Å². The summed E-state index contributed by atoms with van der Waals surface area (Å²) >= 11 is 0. The molecule has 2 unspecified atom stereocenters. The van der Waals surface area contributed by atoms with Crippen LogP contribution < -0.4 is 9.61 Å². The highest BCUT2D eigenvalue weighted by molar-refractivity contribution is 7.30. The van der Waals surface area contributed by atoms with E-state index in [0.29, 0.717) is 5.75 Å². The van der Waals surface area contributed by atoms with Crippen LogP contribution in [0.2, 0.25) is 0 Å². The molecule has 0 saturated heterocycles. The van der Waals surface area contributed by atoms with Gasteiger partial charge in [0.2, 0.25) is 0 Å². The number of carbonyl (C=O) groups excluding carboxylic acids is 1. The number of esters is 1. The van der Waals surface area contributed by atoms with Crippen LogP contribution in [0.3, 0.4) is 0 Å². The van der Waals surface area contributed by atoms with E-state index in [1.165, 1.54) is 24.3 Å². The van der Waals surface area contributed by atoms with Crippen molar-refractivity contribution in [2.24, 2.45) is 0 Å². The van der Waals surface area contributed by atoms with E-state index >= 15 is 0 Å². The molecule has 0 fully saturated rings. The Morgan fingerprint density at radius 1 is 1.21 bits per heavy atom. The summed E-state index contributed by atoms with van der Waals surface area (Å²) < 4.78 is 10.6. The lowest BCUT2D eigenvalue weighted by atomic mass is 10.2. The molecule has 2 rings (SSSR count). The van der Waals surface area contributed by atoms with Gasteiger partial charge in [0.25, 0.3) is 5.69 Å². The Morgan fingerprint density at radius 3 is 2.50 bits per heavy atom. The van der Waals surface area contributed by atoms with E-state index in [9.17, 15) is 14.9 Å². The fraction of sp³-hybridized carbons (Fsp3) is 0.188. The lowest BCUT2D eigenvalue weighted by Gasteiger charge is -2.13. The zero-order valence-electron chi connectivity index (χ0n) is 13.0. The van der Waals surface area contributed by atoms with Gasteiger partial charge in [0.05, 0.1) is 4.92 Å². The number of nitro groups is 1. The molecule has 2 atom stereocenters. The molecule has 0 aliphatic carbocycles. The van der Waals surface area contributed by atoms with Crippen LogP contribution in [0.1, 0.15) is 12.5 Å². The Hall–Kier alpha value is -2.50. The SMILES string of the molecule is CC(NPOc1ccc([N+](=O)[O-])cc1)C(=O)OCc1ccccc1. The number of benzene rings is 2. The van der Waals surface area contributed by atoms with Gasteiger partial charge in [-0.2, -0.15) is 0 Å². The van der Waals surface area contributed by atoms with Crippen molar-refractivity contribution in [3.8, 4) is 5.75 Å². The molecule has 126 valence electrons. The lowest BCUT2D eigenvalue weighted by Crippen LogP contribution is -2.30. The van der Waals surface area contributed by atoms with Crippen LogP contribution in [-0.4, -0.2) is 16.9 Å². The van der Waals surface area contributed by atoms with Crippen LogP contribution >= 0.6 is 8.96 Å². The summed E-state index contributed by atoms with van der Waals surface area (Å²) in [5, 5.41) is 13.5. The maximum atomic E-state index is 11.9. The predicted molar refractivity (Wildman–Crippen MR) is 90.9 cm³/mol. The maximum absolute atomic E-state index is 11.9. The fourth-order valence-electron chi connectivity index (χ4n) is 1.73. The number of hydrogen-bond acceptors (Lipinski definition) is 6. The summed E-state index contributed by atoms with van der Waals surface area (Å²) in [6, 6.07) is 14.6. The van der Waals surface area contributed by atoms with E-state index in [1.807, 2.05) is 30.3 Å². The molecule has 0 saturated carbocycles. The molecule has 1 N–H and O–H groups in total. The Kier molecular flexibility index (Phi) is 6.66. The third kappa shape index (κ3) is 5.61. The highest BCUT2D eigenvalue weighted by Crippen LogP contribution is 2.22. The number of carbonyl (C=O) groups is 1. The first-order valence-electron chi connectivity index (χ1n) is 7.18. The third-order valence-corrected chi connectivity index (χ3v) is 3.96. The quantitative estimate of drug-likeness (QED) is 0.341. The second kappa shape index (κ2) is 8.96. The van der Waals surface area contributed by atoms with E-state index < -0.39 is 11.0 Å². The fourth-order valence-corrected chi connectivity index (χ4v) is 2.33. The lowest BCUT2D eigenvalue weighted by molar-refractivity contribution is -0.384. The molecule has 2 aromatic carbocycles. The number of hydrogen-bond donors (Lipinski definition) is 1. The molecule has 7 nitrogen and oxygen atoms in total. The van der Waals surface area contributed by atoms with Gasteiger partial charge in [-0.3, -0.25) is 20.0 Å². The van der Waals surface area contributed by atoms with Crippen molar-refractivity contribution < 1.29 is 19.0 Å². The van der Waals surface area contributed by atoms with Crippen molar-refractivity contribution in [2.75, 3.05) is 0 Å². The molecule has 0 spiro atoms. The predicted octanol–water partition coefficient (Wildman–Crippen LogP) is 3.20. The van der Waals surface area contributed by atoms with Crippen molar-refractivity contribution in [3.63, 3.8) is 0 Å². The smallest absolute Gasteiger partial charge is 0.323 e. The molecular weight excluding hydrogens is 331 g/mol. The van der Waals surface area contributed by atoms with Crippen LogP contribution in [-0.2, 0) is 16.1 Å². The van der Waals surface area contributed by atoms with Gasteiger partial charge in [-0.15, -0.1) is 0 Å². The highest BCUT2D eigenvalue weighted by Gasteiger charge is 2.14. The minimum absolute atomic E-state index is 0.00324. The monoisotopic (exact) mass is 348 g/mol. The summed E-state index contributed by atoms with van der Waals surface area (Å²) in [6.07, 6.45) is 0. The summed E-state index contributed by atoms with van der Waals surface area (Å²) in [4.78, 5) is 21.9. The van der Waals surface area contributed by atoms with E-state index in [0.717, 1.165) is 5.56 Å². The van der Waals surface area contributed by atoms with Gasteiger partial charge < -0.3 is 9.26 Å². The molecule has 0 aliphatic rings. The molecule has 2 aromatic rings. The second-order valence-electron chi connectivity index (χ2n) is 4.91. The molecule has 24 heavy (non-hydrogen) atoms. The van der Waals surface area contributed by atoms with Crippen LogP contribution in [0.5, 0.6) is 5.75 Å². The third-order valence-electron chi connectivity index (χ3n) is 3.07. The van der Waals surface area contributed by atoms with E-state index in [2.05, 4.69) is 5.09 Å². The molecule has 0 radical (unpaired) electrons. The zero-order valence-corrected chi connectivity index (χ0v) is 14.0. The Bertz CT molecular complexity index is 679. The standard InChI is InChI=1S/C16H17N2O5P/c1-12(16(19)22-11-13-5-3-2-4-6-13)17-24-23-15-9-7-14(8-10-15)18(20)21/h2-10,12,17,24H,11H2,1H3. The molecule has 0 aromatic heterocycles. The van der Waals surface area contributed by atoms with Crippen molar-refractivity contribution >= 4 is 20.6 Å². The van der Waals surface area contributed by atoms with Crippen molar-refractivity contribution in [2.45, 2.75) is 19.6 Å². The van der Waals surface area contributed by atoms with Gasteiger partial charge >= 0.3 is 5.97 Å². The first kappa shape index (κ1) is 17.8. The highest BCUT2D eigenvalue weighted by atomic mass is 31.1. The minimum Gasteiger partial charge on any atom is -0.461 e. The summed E-state index contributed by atoms with van der Waals surface area (Å²) in [5.74, 6) is 0.106. The zero-order chi connectivity index (χ0) is 17.4. The molecule has 0 bridgehead atoms. The first-order valence-corrected chi connectivity index (χ1v) is 8.09. The van der Waals surface area contributed by atoms with Gasteiger partial charge in [0.15, 0.2) is 0 Å². The Labute approximate surface area is 141 Å². The number of ether oxygens (including phenoxy) is 1. The second-order valence-corrected chi connectivity index (χ2v) is 5.61. The van der Waals surface area contributed by atoms with E-state index in [1.54, 1.807) is 6.92 Å². The van der Waals surface area contributed by atoms with Crippen molar-refractivity contribution in [1.29, 1.82) is 0 Å². The van der Waals surface area contributed by atoms with E-state index in [-0.39, 0.29) is 27.2 Å². The molecular formula is C16H17N2O5P. The maximum Gasteiger partial charge on any atom is 0.323 e. The molecule has 0 aliphatic heterocycles. The Balaban J connectivity index is 1.71. The number of non-ortho nitro benzene ring substituents is 1. The van der Waals surface area contributed by atoms with E-state index in [4.69, 9.17) is 9.26 Å². The topological polar surface area (TPSA) is 90.7 Å². The molecule has 0 amide bonds. The average Bonchev–Trinajstić information content (AvgIpc) is 2.61. The van der Waals surface area contributed by atoms with Crippen LogP contribution in [0.15, 0.2) is 54.6 Å². The number of nitrogens with one attached hydrogen (secondary N) is 1. The first-order chi connectivity index (χ1) is 11.6.